The van der Waals surface area contributed by atoms with Gasteiger partial charge in [0.1, 0.15) is 3.70 Å². The molecule has 0 unspecified atom stereocenters. The summed E-state index contributed by atoms with van der Waals surface area (Å²) < 4.78 is 0.838. The largest absolute Gasteiger partial charge is 0.390 e. The number of hydrogen-bond donors (Lipinski definition) is 1. The van der Waals surface area contributed by atoms with Crippen LogP contribution in [0.1, 0.15) is 5.69 Å². The molecule has 0 radical (unpaired) electrons. The number of rotatable bonds is 1. The monoisotopic (exact) mass is 236 g/mol. The average molecular weight is 236 g/mol. The maximum absolute atomic E-state index is 8.52. The summed E-state index contributed by atoms with van der Waals surface area (Å²) in [6.07, 6.45) is 3.17. The van der Waals surface area contributed by atoms with E-state index in [9.17, 15) is 0 Å². The maximum Gasteiger partial charge on any atom is 0.119 e. The third kappa shape index (κ3) is 1.87. The first-order valence-electron chi connectivity index (χ1n) is 2.40. The molecule has 0 atom stereocenters. The van der Waals surface area contributed by atoms with Gasteiger partial charge in [-0.2, -0.15) is 0 Å². The quantitative estimate of drug-likeness (QED) is 0.725. The van der Waals surface area contributed by atoms with Crippen molar-refractivity contribution >= 4 is 22.6 Å². The van der Waals surface area contributed by atoms with Crippen molar-refractivity contribution in [2.75, 3.05) is 0 Å². The molecule has 4 heteroatoms. The Labute approximate surface area is 66.3 Å². The van der Waals surface area contributed by atoms with E-state index in [0.717, 1.165) is 3.70 Å². The summed E-state index contributed by atoms with van der Waals surface area (Å²) >= 11 is 2.06. The normalized spacial score (nSPS) is 9.56. The van der Waals surface area contributed by atoms with Gasteiger partial charge in [-0.3, -0.25) is 4.98 Å². The van der Waals surface area contributed by atoms with Crippen molar-refractivity contribution in [2.45, 2.75) is 6.61 Å². The molecule has 0 spiro atoms. The van der Waals surface area contributed by atoms with Gasteiger partial charge in [0.05, 0.1) is 24.7 Å². The summed E-state index contributed by atoms with van der Waals surface area (Å²) in [6.45, 7) is -0.0378. The topological polar surface area (TPSA) is 46.0 Å². The third-order valence-electron chi connectivity index (χ3n) is 0.836. The van der Waals surface area contributed by atoms with Crippen LogP contribution in [0.2, 0.25) is 0 Å². The third-order valence-corrected chi connectivity index (χ3v) is 1.39. The molecule has 1 aromatic heterocycles. The van der Waals surface area contributed by atoms with Crippen LogP contribution < -0.4 is 0 Å². The first-order valence-corrected chi connectivity index (χ1v) is 3.48. The van der Waals surface area contributed by atoms with Gasteiger partial charge in [0.25, 0.3) is 0 Å². The first kappa shape index (κ1) is 6.88. The highest BCUT2D eigenvalue weighted by Crippen LogP contribution is 1.97. The van der Waals surface area contributed by atoms with E-state index in [4.69, 9.17) is 5.11 Å². The van der Waals surface area contributed by atoms with Gasteiger partial charge in [-0.05, 0) is 22.6 Å². The number of hydrogen-bond acceptors (Lipinski definition) is 3. The molecule has 0 aromatic carbocycles. The molecule has 0 fully saturated rings. The van der Waals surface area contributed by atoms with Gasteiger partial charge in [0.15, 0.2) is 0 Å². The summed E-state index contributed by atoms with van der Waals surface area (Å²) in [4.78, 5) is 7.79. The van der Waals surface area contributed by atoms with Crippen LogP contribution in [0, 0.1) is 3.70 Å². The molecule has 1 rings (SSSR count). The van der Waals surface area contributed by atoms with Gasteiger partial charge in [-0.15, -0.1) is 0 Å². The second-order valence-corrected chi connectivity index (χ2v) is 2.59. The second-order valence-electron chi connectivity index (χ2n) is 1.49. The van der Waals surface area contributed by atoms with Crippen LogP contribution >= 0.6 is 22.6 Å². The second kappa shape index (κ2) is 3.07. The van der Waals surface area contributed by atoms with Crippen molar-refractivity contribution in [2.24, 2.45) is 0 Å². The standard InChI is InChI=1S/C5H5IN2O/c6-5-2-7-4(3-9)1-8-5/h1-2,9H,3H2. The van der Waals surface area contributed by atoms with Crippen LogP contribution in [0.3, 0.4) is 0 Å². The smallest absolute Gasteiger partial charge is 0.119 e. The molecule has 0 aliphatic heterocycles. The van der Waals surface area contributed by atoms with Gasteiger partial charge in [0, 0.05) is 0 Å². The van der Waals surface area contributed by atoms with E-state index in [-0.39, 0.29) is 6.61 Å². The van der Waals surface area contributed by atoms with E-state index in [0.29, 0.717) is 5.69 Å². The van der Waals surface area contributed by atoms with Gasteiger partial charge >= 0.3 is 0 Å². The predicted molar refractivity (Wildman–Crippen MR) is 40.7 cm³/mol. The lowest BCUT2D eigenvalue weighted by molar-refractivity contribution is 0.276. The summed E-state index contributed by atoms with van der Waals surface area (Å²) in [5.41, 5.74) is 0.607. The van der Waals surface area contributed by atoms with Crippen LogP contribution in [0.15, 0.2) is 12.4 Å². The Bertz CT molecular complexity index is 187. The molecule has 0 amide bonds. The molecule has 0 bridgehead atoms. The summed E-state index contributed by atoms with van der Waals surface area (Å²) in [5.74, 6) is 0. The van der Waals surface area contributed by atoms with Gasteiger partial charge in [-0.25, -0.2) is 4.98 Å². The Hall–Kier alpha value is -0.230. The van der Waals surface area contributed by atoms with E-state index < -0.39 is 0 Å². The Kier molecular flexibility index (Phi) is 2.35. The van der Waals surface area contributed by atoms with E-state index in [1.54, 1.807) is 12.4 Å². The molecule has 0 aliphatic rings. The molecular formula is C5H5IN2O. The SMILES string of the molecule is OCc1cnc(I)cn1. The van der Waals surface area contributed by atoms with Crippen molar-refractivity contribution in [1.82, 2.24) is 9.97 Å². The van der Waals surface area contributed by atoms with Crippen LogP contribution in [0.25, 0.3) is 0 Å². The van der Waals surface area contributed by atoms with Crippen molar-refractivity contribution < 1.29 is 5.11 Å². The highest BCUT2D eigenvalue weighted by atomic mass is 127. The molecule has 0 aliphatic carbocycles. The highest BCUT2D eigenvalue weighted by molar-refractivity contribution is 14.1. The predicted octanol–water partition coefficient (Wildman–Crippen LogP) is 0.574. The van der Waals surface area contributed by atoms with Crippen molar-refractivity contribution in [3.05, 3.63) is 21.8 Å². The van der Waals surface area contributed by atoms with Crippen LogP contribution in [0.4, 0.5) is 0 Å². The zero-order valence-electron chi connectivity index (χ0n) is 4.58. The average Bonchev–Trinajstić information content (AvgIpc) is 1.90. The minimum Gasteiger partial charge on any atom is -0.390 e. The molecule has 0 saturated heterocycles. The van der Waals surface area contributed by atoms with Crippen molar-refractivity contribution in [3.8, 4) is 0 Å². The van der Waals surface area contributed by atoms with Crippen molar-refractivity contribution in [3.63, 3.8) is 0 Å². The Morgan fingerprint density at radius 2 is 2.22 bits per heavy atom. The first-order chi connectivity index (χ1) is 4.33. The molecule has 9 heavy (non-hydrogen) atoms. The summed E-state index contributed by atoms with van der Waals surface area (Å²) in [5, 5.41) is 8.52. The van der Waals surface area contributed by atoms with Crippen LogP contribution in [-0.4, -0.2) is 15.1 Å². The van der Waals surface area contributed by atoms with Gasteiger partial charge in [0.2, 0.25) is 0 Å². The number of halogens is 1. The molecular weight excluding hydrogens is 231 g/mol. The van der Waals surface area contributed by atoms with E-state index >= 15 is 0 Å². The lowest BCUT2D eigenvalue weighted by Gasteiger charge is -1.91. The van der Waals surface area contributed by atoms with E-state index in [2.05, 4.69) is 32.6 Å². The van der Waals surface area contributed by atoms with E-state index in [1.165, 1.54) is 0 Å². The minimum absolute atomic E-state index is 0.0378. The Morgan fingerprint density at radius 3 is 2.67 bits per heavy atom. The summed E-state index contributed by atoms with van der Waals surface area (Å²) in [7, 11) is 0. The lowest BCUT2D eigenvalue weighted by Crippen LogP contribution is -1.90. The van der Waals surface area contributed by atoms with Crippen molar-refractivity contribution in [1.29, 1.82) is 0 Å². The minimum atomic E-state index is -0.0378. The van der Waals surface area contributed by atoms with Crippen LogP contribution in [-0.2, 0) is 6.61 Å². The molecule has 1 heterocycles. The number of nitrogens with zero attached hydrogens (tertiary/aromatic N) is 2. The number of aliphatic hydroxyl groups excluding tert-OH is 1. The number of aromatic nitrogens is 2. The summed E-state index contributed by atoms with van der Waals surface area (Å²) in [6, 6.07) is 0. The molecule has 1 aromatic rings. The highest BCUT2D eigenvalue weighted by Gasteiger charge is 1.89. The van der Waals surface area contributed by atoms with Gasteiger partial charge < -0.3 is 5.11 Å². The zero-order valence-corrected chi connectivity index (χ0v) is 6.74. The molecule has 1 N–H and O–H groups in total. The fourth-order valence-electron chi connectivity index (χ4n) is 0.421. The van der Waals surface area contributed by atoms with E-state index in [1.807, 2.05) is 0 Å². The zero-order chi connectivity index (χ0) is 6.69. The molecule has 0 saturated carbocycles. The Morgan fingerprint density at radius 1 is 1.44 bits per heavy atom. The molecule has 3 nitrogen and oxygen atoms in total. The lowest BCUT2D eigenvalue weighted by atomic mass is 10.5. The fraction of sp³-hybridized carbons (Fsp3) is 0.200. The fourth-order valence-corrected chi connectivity index (χ4v) is 0.699. The Balaban J connectivity index is 2.88. The van der Waals surface area contributed by atoms with Crippen LogP contribution in [0.5, 0.6) is 0 Å². The molecule has 48 valence electrons. The number of aliphatic hydroxyl groups is 1. The maximum atomic E-state index is 8.52. The van der Waals surface area contributed by atoms with Gasteiger partial charge in [-0.1, -0.05) is 0 Å².